The van der Waals surface area contributed by atoms with Gasteiger partial charge >= 0.3 is 0 Å². The zero-order valence-corrected chi connectivity index (χ0v) is 12.2. The first kappa shape index (κ1) is 14.2. The Labute approximate surface area is 115 Å². The van der Waals surface area contributed by atoms with Crippen LogP contribution in [-0.2, 0) is 0 Å². The zero-order chi connectivity index (χ0) is 12.8. The summed E-state index contributed by atoms with van der Waals surface area (Å²) in [5.74, 6) is 1.23. The maximum atomic E-state index is 8.67. The highest BCUT2D eigenvalue weighted by atomic mass is 79.9. The van der Waals surface area contributed by atoms with Crippen LogP contribution in [0.5, 0.6) is 0 Å². The van der Waals surface area contributed by atoms with Gasteiger partial charge in [0.1, 0.15) is 5.82 Å². The number of nitrogens with zero attached hydrogens (tertiary/aromatic N) is 4. The fourth-order valence-corrected chi connectivity index (χ4v) is 2.04. The summed E-state index contributed by atoms with van der Waals surface area (Å²) < 4.78 is 0.792. The molecule has 0 aliphatic rings. The molecule has 1 heterocycles. The summed E-state index contributed by atoms with van der Waals surface area (Å²) in [6.07, 6.45) is 2.09. The van der Waals surface area contributed by atoms with Crippen molar-refractivity contribution < 1.29 is 0 Å². The number of halogens is 2. The Balaban J connectivity index is 2.94. The van der Waals surface area contributed by atoms with E-state index in [1.165, 1.54) is 0 Å². The van der Waals surface area contributed by atoms with Gasteiger partial charge in [-0.1, -0.05) is 13.8 Å². The molecule has 0 aliphatic carbocycles. The van der Waals surface area contributed by atoms with Crippen LogP contribution in [0.3, 0.4) is 0 Å². The van der Waals surface area contributed by atoms with Crippen molar-refractivity contribution in [2.45, 2.75) is 20.3 Å². The molecule has 0 atom stereocenters. The molecule has 0 aromatic carbocycles. The molecular weight excluding hydrogens is 304 g/mol. The van der Waals surface area contributed by atoms with E-state index in [1.807, 2.05) is 4.90 Å². The maximum Gasteiger partial charge on any atom is 0.224 e. The second kappa shape index (κ2) is 6.77. The van der Waals surface area contributed by atoms with Crippen LogP contribution in [0.15, 0.2) is 10.7 Å². The second-order valence-corrected chi connectivity index (χ2v) is 5.25. The van der Waals surface area contributed by atoms with E-state index in [1.54, 1.807) is 6.20 Å². The molecular formula is C11H14BrClN4. The Morgan fingerprint density at radius 1 is 1.59 bits per heavy atom. The Hall–Kier alpha value is -0.860. The fraction of sp³-hybridized carbons (Fsp3) is 0.545. The van der Waals surface area contributed by atoms with Crippen LogP contribution in [0.4, 0.5) is 5.82 Å². The third-order valence-electron chi connectivity index (χ3n) is 2.07. The molecule has 0 aliphatic heterocycles. The van der Waals surface area contributed by atoms with Crippen LogP contribution in [0.1, 0.15) is 20.3 Å². The lowest BCUT2D eigenvalue weighted by molar-refractivity contribution is 0.606. The lowest BCUT2D eigenvalue weighted by atomic mass is 10.2. The van der Waals surface area contributed by atoms with Crippen molar-refractivity contribution in [3.8, 4) is 6.07 Å². The molecule has 0 bridgehead atoms. The van der Waals surface area contributed by atoms with Crippen LogP contribution in [-0.4, -0.2) is 23.1 Å². The van der Waals surface area contributed by atoms with Gasteiger partial charge in [-0.15, -0.1) is 0 Å². The SMILES string of the molecule is CC(C)CN(CCC#N)c1nc(Cl)ncc1Br. The van der Waals surface area contributed by atoms with Crippen LogP contribution in [0, 0.1) is 17.2 Å². The highest BCUT2D eigenvalue weighted by molar-refractivity contribution is 9.10. The number of aromatic nitrogens is 2. The normalized spacial score (nSPS) is 10.4. The first-order chi connectivity index (χ1) is 8.04. The van der Waals surface area contributed by atoms with Crippen LogP contribution < -0.4 is 4.90 Å². The van der Waals surface area contributed by atoms with Crippen LogP contribution in [0.2, 0.25) is 5.28 Å². The summed E-state index contributed by atoms with van der Waals surface area (Å²) in [5, 5.41) is 8.89. The highest BCUT2D eigenvalue weighted by Gasteiger charge is 2.14. The summed E-state index contributed by atoms with van der Waals surface area (Å²) in [5.41, 5.74) is 0. The van der Waals surface area contributed by atoms with Gasteiger partial charge in [0.2, 0.25) is 5.28 Å². The highest BCUT2D eigenvalue weighted by Crippen LogP contribution is 2.25. The minimum atomic E-state index is 0.217. The van der Waals surface area contributed by atoms with Gasteiger partial charge < -0.3 is 4.90 Å². The summed E-state index contributed by atoms with van der Waals surface area (Å²) in [7, 11) is 0. The van der Waals surface area contributed by atoms with Crippen LogP contribution >= 0.6 is 27.5 Å². The number of nitriles is 1. The third-order valence-corrected chi connectivity index (χ3v) is 2.82. The molecule has 0 amide bonds. The lowest BCUT2D eigenvalue weighted by Gasteiger charge is -2.25. The number of hydrogen-bond donors (Lipinski definition) is 0. The molecule has 17 heavy (non-hydrogen) atoms. The lowest BCUT2D eigenvalue weighted by Crippen LogP contribution is -2.29. The minimum absolute atomic E-state index is 0.217. The predicted molar refractivity (Wildman–Crippen MR) is 72.0 cm³/mol. The van der Waals surface area contributed by atoms with E-state index in [4.69, 9.17) is 16.9 Å². The molecule has 0 N–H and O–H groups in total. The number of anilines is 1. The largest absolute Gasteiger partial charge is 0.354 e. The average molecular weight is 318 g/mol. The molecule has 0 spiro atoms. The van der Waals surface area contributed by atoms with Gasteiger partial charge in [-0.2, -0.15) is 10.2 Å². The molecule has 0 fully saturated rings. The van der Waals surface area contributed by atoms with Gasteiger partial charge in [0, 0.05) is 19.3 Å². The smallest absolute Gasteiger partial charge is 0.224 e. The van der Waals surface area contributed by atoms with Crippen molar-refractivity contribution in [1.29, 1.82) is 5.26 Å². The number of rotatable bonds is 5. The van der Waals surface area contributed by atoms with E-state index in [9.17, 15) is 0 Å². The molecule has 1 aromatic rings. The van der Waals surface area contributed by atoms with Gasteiger partial charge in [0.15, 0.2) is 0 Å². The fourth-order valence-electron chi connectivity index (χ4n) is 1.47. The third kappa shape index (κ3) is 4.49. The van der Waals surface area contributed by atoms with Crippen LogP contribution in [0.25, 0.3) is 0 Å². The van der Waals surface area contributed by atoms with Crippen molar-refractivity contribution in [2.24, 2.45) is 5.92 Å². The Morgan fingerprint density at radius 3 is 2.88 bits per heavy atom. The van der Waals surface area contributed by atoms with Gasteiger partial charge in [0.25, 0.3) is 0 Å². The van der Waals surface area contributed by atoms with Crippen molar-refractivity contribution in [3.05, 3.63) is 16.0 Å². The zero-order valence-electron chi connectivity index (χ0n) is 9.82. The van der Waals surface area contributed by atoms with Crippen molar-refractivity contribution in [2.75, 3.05) is 18.0 Å². The molecule has 0 saturated carbocycles. The van der Waals surface area contributed by atoms with E-state index >= 15 is 0 Å². The molecule has 4 nitrogen and oxygen atoms in total. The summed E-state index contributed by atoms with van der Waals surface area (Å²) in [6.45, 7) is 5.71. The molecule has 1 rings (SSSR count). The van der Waals surface area contributed by atoms with E-state index in [2.05, 4.69) is 45.8 Å². The predicted octanol–water partition coefficient (Wildman–Crippen LogP) is 3.27. The monoisotopic (exact) mass is 316 g/mol. The van der Waals surface area contributed by atoms with E-state index in [-0.39, 0.29) is 5.28 Å². The van der Waals surface area contributed by atoms with Crippen molar-refractivity contribution in [1.82, 2.24) is 9.97 Å². The average Bonchev–Trinajstić information content (AvgIpc) is 2.27. The van der Waals surface area contributed by atoms with Crippen molar-refractivity contribution >= 4 is 33.3 Å². The van der Waals surface area contributed by atoms with E-state index < -0.39 is 0 Å². The Bertz CT molecular complexity index is 416. The summed E-state index contributed by atoms with van der Waals surface area (Å²) in [6, 6.07) is 2.14. The standard InChI is InChI=1S/C11H14BrClN4/c1-8(2)7-17(5-3-4-14)10-9(12)6-15-11(13)16-10/h6,8H,3,5,7H2,1-2H3. The Morgan fingerprint density at radius 2 is 2.29 bits per heavy atom. The molecule has 0 saturated heterocycles. The minimum Gasteiger partial charge on any atom is -0.354 e. The molecule has 92 valence electrons. The van der Waals surface area contributed by atoms with E-state index in [0.717, 1.165) is 16.8 Å². The Kier molecular flexibility index (Phi) is 5.66. The van der Waals surface area contributed by atoms with Gasteiger partial charge in [-0.05, 0) is 33.4 Å². The topological polar surface area (TPSA) is 52.8 Å². The van der Waals surface area contributed by atoms with Gasteiger partial charge in [-0.25, -0.2) is 4.98 Å². The maximum absolute atomic E-state index is 8.67. The van der Waals surface area contributed by atoms with E-state index in [0.29, 0.717) is 18.9 Å². The molecule has 6 heteroatoms. The summed E-state index contributed by atoms with van der Waals surface area (Å²) in [4.78, 5) is 10.1. The molecule has 0 radical (unpaired) electrons. The van der Waals surface area contributed by atoms with Gasteiger partial charge in [-0.3, -0.25) is 0 Å². The molecule has 1 aromatic heterocycles. The first-order valence-corrected chi connectivity index (χ1v) is 6.51. The number of hydrogen-bond acceptors (Lipinski definition) is 4. The summed E-state index contributed by atoms with van der Waals surface area (Å²) >= 11 is 9.20. The first-order valence-electron chi connectivity index (χ1n) is 5.34. The van der Waals surface area contributed by atoms with Crippen molar-refractivity contribution in [3.63, 3.8) is 0 Å². The quantitative estimate of drug-likeness (QED) is 0.782. The van der Waals surface area contributed by atoms with Gasteiger partial charge in [0.05, 0.1) is 17.0 Å². The molecule has 0 unspecified atom stereocenters. The second-order valence-electron chi connectivity index (χ2n) is 4.06.